The first-order valence-electron chi connectivity index (χ1n) is 5.19. The molecule has 0 saturated carbocycles. The smallest absolute Gasteiger partial charge is 0.226 e. The standard InChI is InChI=1S/C11H19N3O/c1-7(2)9(4)13-11-12-8(3)6-10(14-11)15-5/h6-7,9H,1-5H3,(H,12,13,14). The maximum absolute atomic E-state index is 5.09. The minimum absolute atomic E-state index is 0.344. The van der Waals surface area contributed by atoms with Crippen LogP contribution in [0.4, 0.5) is 5.95 Å². The molecule has 1 aromatic rings. The van der Waals surface area contributed by atoms with Crippen molar-refractivity contribution in [2.24, 2.45) is 5.92 Å². The van der Waals surface area contributed by atoms with Crippen LogP contribution in [0.2, 0.25) is 0 Å². The number of nitrogens with zero attached hydrogens (tertiary/aromatic N) is 2. The summed E-state index contributed by atoms with van der Waals surface area (Å²) in [7, 11) is 1.61. The third kappa shape index (κ3) is 3.38. The van der Waals surface area contributed by atoms with Gasteiger partial charge in [-0.15, -0.1) is 0 Å². The van der Waals surface area contributed by atoms with E-state index in [4.69, 9.17) is 4.74 Å². The Balaban J connectivity index is 2.80. The van der Waals surface area contributed by atoms with Gasteiger partial charge in [-0.1, -0.05) is 13.8 Å². The molecule has 1 unspecified atom stereocenters. The summed E-state index contributed by atoms with van der Waals surface area (Å²) in [6.07, 6.45) is 0. The van der Waals surface area contributed by atoms with Gasteiger partial charge >= 0.3 is 0 Å². The fraction of sp³-hybridized carbons (Fsp3) is 0.636. The summed E-state index contributed by atoms with van der Waals surface area (Å²) in [5.74, 6) is 1.77. The molecule has 0 aromatic carbocycles. The molecule has 0 aliphatic rings. The van der Waals surface area contributed by atoms with Crippen molar-refractivity contribution in [3.05, 3.63) is 11.8 Å². The zero-order valence-corrected chi connectivity index (χ0v) is 10.0. The predicted octanol–water partition coefficient (Wildman–Crippen LogP) is 2.25. The van der Waals surface area contributed by atoms with Crippen molar-refractivity contribution in [3.8, 4) is 5.88 Å². The third-order valence-corrected chi connectivity index (χ3v) is 2.40. The summed E-state index contributed by atoms with van der Waals surface area (Å²) in [4.78, 5) is 8.53. The second kappa shape index (κ2) is 4.96. The van der Waals surface area contributed by atoms with Gasteiger partial charge in [0.25, 0.3) is 0 Å². The molecule has 1 aromatic heterocycles. The Morgan fingerprint density at radius 2 is 1.93 bits per heavy atom. The van der Waals surface area contributed by atoms with Crippen LogP contribution in [0.3, 0.4) is 0 Å². The molecule has 0 fully saturated rings. The Morgan fingerprint density at radius 3 is 2.47 bits per heavy atom. The minimum atomic E-state index is 0.344. The molecular weight excluding hydrogens is 190 g/mol. The summed E-state index contributed by atoms with van der Waals surface area (Å²) in [6.45, 7) is 8.35. The molecule has 1 rings (SSSR count). The lowest BCUT2D eigenvalue weighted by Gasteiger charge is -2.17. The maximum atomic E-state index is 5.09. The van der Waals surface area contributed by atoms with E-state index in [0.717, 1.165) is 5.69 Å². The summed E-state index contributed by atoms with van der Waals surface area (Å²) in [5.41, 5.74) is 0.903. The van der Waals surface area contributed by atoms with Gasteiger partial charge in [0, 0.05) is 17.8 Å². The van der Waals surface area contributed by atoms with Crippen molar-refractivity contribution in [2.75, 3.05) is 12.4 Å². The van der Waals surface area contributed by atoms with Gasteiger partial charge in [-0.05, 0) is 19.8 Å². The Morgan fingerprint density at radius 1 is 1.27 bits per heavy atom. The number of anilines is 1. The van der Waals surface area contributed by atoms with Crippen LogP contribution >= 0.6 is 0 Å². The molecule has 1 heterocycles. The van der Waals surface area contributed by atoms with Crippen LogP contribution in [0, 0.1) is 12.8 Å². The number of hydrogen-bond donors (Lipinski definition) is 1. The van der Waals surface area contributed by atoms with E-state index in [-0.39, 0.29) is 0 Å². The maximum Gasteiger partial charge on any atom is 0.226 e. The average Bonchev–Trinajstić information content (AvgIpc) is 2.16. The van der Waals surface area contributed by atoms with Gasteiger partial charge in [0.15, 0.2) is 0 Å². The van der Waals surface area contributed by atoms with Gasteiger partial charge in [0.1, 0.15) is 0 Å². The van der Waals surface area contributed by atoms with Crippen LogP contribution in [0.5, 0.6) is 5.88 Å². The van der Waals surface area contributed by atoms with Crippen LogP contribution in [-0.4, -0.2) is 23.1 Å². The Hall–Kier alpha value is -1.32. The second-order valence-electron chi connectivity index (χ2n) is 4.05. The zero-order chi connectivity index (χ0) is 11.4. The minimum Gasteiger partial charge on any atom is -0.481 e. The fourth-order valence-electron chi connectivity index (χ4n) is 1.08. The number of rotatable bonds is 4. The molecule has 0 saturated heterocycles. The lowest BCUT2D eigenvalue weighted by atomic mass is 10.1. The third-order valence-electron chi connectivity index (χ3n) is 2.40. The van der Waals surface area contributed by atoms with E-state index < -0.39 is 0 Å². The molecule has 4 heteroatoms. The molecule has 0 radical (unpaired) electrons. The molecule has 0 aliphatic heterocycles. The molecule has 0 bridgehead atoms. The number of nitrogens with one attached hydrogen (secondary N) is 1. The normalized spacial score (nSPS) is 12.7. The van der Waals surface area contributed by atoms with E-state index >= 15 is 0 Å². The molecule has 84 valence electrons. The molecule has 1 atom stereocenters. The highest BCUT2D eigenvalue weighted by Gasteiger charge is 2.09. The quantitative estimate of drug-likeness (QED) is 0.826. The van der Waals surface area contributed by atoms with E-state index in [9.17, 15) is 0 Å². The fourth-order valence-corrected chi connectivity index (χ4v) is 1.08. The highest BCUT2D eigenvalue weighted by atomic mass is 16.5. The van der Waals surface area contributed by atoms with Gasteiger partial charge in [0.05, 0.1) is 7.11 Å². The molecular formula is C11H19N3O. The predicted molar refractivity (Wildman–Crippen MR) is 61.2 cm³/mol. The number of hydrogen-bond acceptors (Lipinski definition) is 4. The van der Waals surface area contributed by atoms with Crippen molar-refractivity contribution < 1.29 is 4.74 Å². The number of aryl methyl sites for hydroxylation is 1. The zero-order valence-electron chi connectivity index (χ0n) is 10.0. The van der Waals surface area contributed by atoms with Crippen molar-refractivity contribution in [3.63, 3.8) is 0 Å². The van der Waals surface area contributed by atoms with Gasteiger partial charge in [0.2, 0.25) is 11.8 Å². The first-order valence-corrected chi connectivity index (χ1v) is 5.19. The van der Waals surface area contributed by atoms with Crippen LogP contribution in [0.15, 0.2) is 6.07 Å². The lowest BCUT2D eigenvalue weighted by molar-refractivity contribution is 0.396. The van der Waals surface area contributed by atoms with E-state index in [1.807, 2.05) is 13.0 Å². The highest BCUT2D eigenvalue weighted by molar-refractivity contribution is 5.31. The number of ether oxygens (including phenoxy) is 1. The largest absolute Gasteiger partial charge is 0.481 e. The van der Waals surface area contributed by atoms with E-state index in [1.165, 1.54) is 0 Å². The van der Waals surface area contributed by atoms with Crippen molar-refractivity contribution in [1.29, 1.82) is 0 Å². The first kappa shape index (κ1) is 11.8. The van der Waals surface area contributed by atoms with Gasteiger partial charge < -0.3 is 10.1 Å². The Bertz CT molecular complexity index is 326. The van der Waals surface area contributed by atoms with E-state index in [1.54, 1.807) is 7.11 Å². The van der Waals surface area contributed by atoms with Crippen molar-refractivity contribution in [2.45, 2.75) is 33.7 Å². The summed E-state index contributed by atoms with van der Waals surface area (Å²) >= 11 is 0. The van der Waals surface area contributed by atoms with Crippen LogP contribution in [-0.2, 0) is 0 Å². The first-order chi connectivity index (χ1) is 7.02. The van der Waals surface area contributed by atoms with E-state index in [0.29, 0.717) is 23.8 Å². The molecule has 4 nitrogen and oxygen atoms in total. The highest BCUT2D eigenvalue weighted by Crippen LogP contribution is 2.13. The van der Waals surface area contributed by atoms with Crippen molar-refractivity contribution in [1.82, 2.24) is 9.97 Å². The average molecular weight is 209 g/mol. The molecule has 1 N–H and O–H groups in total. The monoisotopic (exact) mass is 209 g/mol. The Kier molecular flexibility index (Phi) is 3.88. The lowest BCUT2D eigenvalue weighted by Crippen LogP contribution is -2.23. The van der Waals surface area contributed by atoms with Crippen LogP contribution in [0.1, 0.15) is 26.5 Å². The molecule has 0 aliphatic carbocycles. The van der Waals surface area contributed by atoms with Gasteiger partial charge in [-0.3, -0.25) is 0 Å². The molecule has 0 amide bonds. The molecule has 0 spiro atoms. The van der Waals surface area contributed by atoms with Crippen molar-refractivity contribution >= 4 is 5.95 Å². The topological polar surface area (TPSA) is 47.0 Å². The van der Waals surface area contributed by atoms with Gasteiger partial charge in [-0.25, -0.2) is 4.98 Å². The molecule has 15 heavy (non-hydrogen) atoms. The van der Waals surface area contributed by atoms with E-state index in [2.05, 4.69) is 36.1 Å². The summed E-state index contributed by atoms with van der Waals surface area (Å²) in [6, 6.07) is 2.15. The number of methoxy groups -OCH3 is 1. The number of aromatic nitrogens is 2. The Labute approximate surface area is 91.1 Å². The summed E-state index contributed by atoms with van der Waals surface area (Å²) in [5, 5.41) is 3.25. The summed E-state index contributed by atoms with van der Waals surface area (Å²) < 4.78 is 5.09. The SMILES string of the molecule is COc1cc(C)nc(NC(C)C(C)C)n1. The van der Waals surface area contributed by atoms with Crippen LogP contribution < -0.4 is 10.1 Å². The van der Waals surface area contributed by atoms with Crippen LogP contribution in [0.25, 0.3) is 0 Å². The van der Waals surface area contributed by atoms with Gasteiger partial charge in [-0.2, -0.15) is 4.98 Å². The second-order valence-corrected chi connectivity index (χ2v) is 4.05.